The second-order valence-corrected chi connectivity index (χ2v) is 19.3. The molecule has 4 saturated heterocycles. The summed E-state index contributed by atoms with van der Waals surface area (Å²) in [6.45, 7) is 1.97. The second kappa shape index (κ2) is 5.41. The number of rotatable bonds is 3. The van der Waals surface area contributed by atoms with E-state index in [1.807, 2.05) is 18.7 Å². The average molecular weight is 438 g/mol. The van der Waals surface area contributed by atoms with Crippen molar-refractivity contribution >= 4 is 117 Å². The maximum atomic E-state index is 6.66. The highest BCUT2D eigenvalue weighted by Gasteiger charge is 2.68. The first-order valence-electron chi connectivity index (χ1n) is 5.04. The summed E-state index contributed by atoms with van der Waals surface area (Å²) in [5.41, 5.74) is 0. The Labute approximate surface area is 152 Å². The predicted molar refractivity (Wildman–Crippen MR) is 98.8 cm³/mol. The van der Waals surface area contributed by atoms with Gasteiger partial charge in [-0.05, 0) is 13.3 Å². The van der Waals surface area contributed by atoms with Crippen LogP contribution in [0.4, 0.5) is 0 Å². The molecule has 18 heavy (non-hydrogen) atoms. The quantitative estimate of drug-likeness (QED) is 0.447. The zero-order valence-electron chi connectivity index (χ0n) is 8.90. The molecule has 4 aliphatic rings. The Kier molecular flexibility index (Phi) is 4.85. The lowest BCUT2D eigenvalue weighted by Crippen LogP contribution is -2.49. The maximum absolute atomic E-state index is 6.66. The fraction of sp³-hybridized carbons (Fsp3) is 1.00. The Bertz CT molecular complexity index is 349. The van der Waals surface area contributed by atoms with Crippen LogP contribution in [0.25, 0.3) is 0 Å². The van der Waals surface area contributed by atoms with Crippen LogP contribution in [0.5, 0.6) is 0 Å². The van der Waals surface area contributed by atoms with E-state index in [1.165, 1.54) is 0 Å². The molecule has 4 bridgehead atoms. The summed E-state index contributed by atoms with van der Waals surface area (Å²) in [5.74, 6) is 0. The van der Waals surface area contributed by atoms with Crippen molar-refractivity contribution in [2.24, 2.45) is 0 Å². The van der Waals surface area contributed by atoms with Gasteiger partial charge in [0, 0.05) is 5.38 Å². The molecule has 4 fully saturated rings. The third kappa shape index (κ3) is 3.00. The highest BCUT2D eigenvalue weighted by Crippen LogP contribution is 2.88. The molecule has 0 nitrogen and oxygen atoms in total. The van der Waals surface area contributed by atoms with Gasteiger partial charge < -0.3 is 0 Å². The number of hydrogen-bond acceptors (Lipinski definition) is 6. The minimum Gasteiger partial charge on any atom is -0.123 e. The molecule has 4 aliphatic heterocycles. The van der Waals surface area contributed by atoms with E-state index < -0.39 is 5.74 Å². The number of halogens is 4. The molecule has 4 rings (SSSR count). The minimum atomic E-state index is -0.406. The summed E-state index contributed by atoms with van der Waals surface area (Å²) < 4.78 is -0.635. The molecule has 0 spiro atoms. The molecule has 0 aliphatic carbocycles. The first-order valence-corrected chi connectivity index (χ1v) is 11.8. The summed E-state index contributed by atoms with van der Waals surface area (Å²) in [7, 11) is 0. The van der Waals surface area contributed by atoms with Crippen molar-refractivity contribution in [2.45, 2.75) is 37.2 Å². The molecule has 0 N–H and O–H groups in total. The third-order valence-electron chi connectivity index (χ3n) is 2.42. The van der Waals surface area contributed by atoms with Crippen molar-refractivity contribution in [3.63, 3.8) is 0 Å². The van der Waals surface area contributed by atoms with E-state index >= 15 is 0 Å². The monoisotopic (exact) mass is 436 g/mol. The molecule has 0 amide bonds. The van der Waals surface area contributed by atoms with Crippen LogP contribution in [-0.4, -0.2) is 23.8 Å². The summed E-state index contributed by atoms with van der Waals surface area (Å²) >= 11 is 36.6. The average Bonchev–Trinajstić information content (AvgIpc) is 2.09. The van der Waals surface area contributed by atoms with E-state index in [0.717, 1.165) is 6.42 Å². The Morgan fingerprint density at radius 1 is 1.00 bits per heavy atom. The Morgan fingerprint density at radius 3 is 2.00 bits per heavy atom. The zero-order valence-corrected chi connectivity index (χ0v) is 16.8. The molecule has 0 aromatic rings. The van der Waals surface area contributed by atoms with Gasteiger partial charge in [0.15, 0.2) is 5.74 Å². The van der Waals surface area contributed by atoms with Gasteiger partial charge in [-0.2, -0.15) is 0 Å². The molecule has 0 radical (unpaired) electrons. The third-order valence-corrected chi connectivity index (χ3v) is 15.3. The fourth-order valence-electron chi connectivity index (χ4n) is 1.76. The molecule has 4 atom stereocenters. The van der Waals surface area contributed by atoms with Gasteiger partial charge in [0.25, 0.3) is 0 Å². The second-order valence-electron chi connectivity index (χ2n) is 4.00. The van der Waals surface area contributed by atoms with Crippen LogP contribution in [-0.2, 0) is 0 Å². The molecule has 104 valence electrons. The van der Waals surface area contributed by atoms with Crippen LogP contribution in [0.15, 0.2) is 0 Å². The van der Waals surface area contributed by atoms with E-state index in [4.69, 9.17) is 46.4 Å². The summed E-state index contributed by atoms with van der Waals surface area (Å²) in [5, 5.41) is 0.0271. The lowest BCUT2D eigenvalue weighted by molar-refractivity contribution is 0.760. The molecular formula is C8H8Cl4S6. The van der Waals surface area contributed by atoms with Crippen LogP contribution >= 0.6 is 117 Å². The van der Waals surface area contributed by atoms with Crippen LogP contribution in [0.1, 0.15) is 13.3 Å². The normalized spacial score (nSPS) is 53.5. The highest BCUT2D eigenvalue weighted by atomic mass is 35.5. The van der Waals surface area contributed by atoms with Gasteiger partial charge in [0.2, 0.25) is 0 Å². The largest absolute Gasteiger partial charge is 0.188 e. The van der Waals surface area contributed by atoms with Crippen LogP contribution < -0.4 is 0 Å². The summed E-state index contributed by atoms with van der Waals surface area (Å²) in [6, 6.07) is 0. The first kappa shape index (κ1) is 16.1. The van der Waals surface area contributed by atoms with Gasteiger partial charge in [0.05, 0.1) is 5.38 Å². The van der Waals surface area contributed by atoms with Crippen molar-refractivity contribution < 1.29 is 0 Å². The number of alkyl halides is 4. The molecule has 0 aromatic carbocycles. The number of thioether (sulfide) groups is 6. The van der Waals surface area contributed by atoms with E-state index in [9.17, 15) is 0 Å². The van der Waals surface area contributed by atoms with E-state index in [2.05, 4.69) is 0 Å². The van der Waals surface area contributed by atoms with Gasteiger partial charge >= 0.3 is 0 Å². The SMILES string of the molecule is CC(Cl)CC(Cl)C12SC3SC(Cl)(SC(Cl)(S3)S1)S2. The van der Waals surface area contributed by atoms with Crippen molar-refractivity contribution in [3.05, 3.63) is 0 Å². The Hall–Kier alpha value is 3.26. The van der Waals surface area contributed by atoms with E-state index in [0.29, 0.717) is 3.91 Å². The van der Waals surface area contributed by atoms with Crippen molar-refractivity contribution in [1.82, 2.24) is 0 Å². The molecular weight excluding hydrogens is 430 g/mol. The molecule has 10 heteroatoms. The lowest BCUT2D eigenvalue weighted by atomic mass is 10.2. The Balaban J connectivity index is 1.89. The summed E-state index contributed by atoms with van der Waals surface area (Å²) in [4.78, 5) is 0. The number of hydrogen-bond donors (Lipinski definition) is 0. The molecule has 4 heterocycles. The van der Waals surface area contributed by atoms with Crippen molar-refractivity contribution in [2.75, 3.05) is 0 Å². The van der Waals surface area contributed by atoms with Crippen molar-refractivity contribution in [1.29, 1.82) is 0 Å². The Morgan fingerprint density at radius 2 is 1.56 bits per heavy atom. The highest BCUT2D eigenvalue weighted by molar-refractivity contribution is 8.65. The van der Waals surface area contributed by atoms with Crippen LogP contribution in [0.3, 0.4) is 0 Å². The molecule has 4 unspecified atom stereocenters. The minimum absolute atomic E-state index is 0.0357. The fourth-order valence-corrected chi connectivity index (χ4v) is 24.2. The van der Waals surface area contributed by atoms with E-state index in [1.54, 1.807) is 58.8 Å². The van der Waals surface area contributed by atoms with Crippen molar-refractivity contribution in [3.8, 4) is 0 Å². The van der Waals surface area contributed by atoms with Gasteiger partial charge in [0.1, 0.15) is 7.33 Å². The lowest BCUT2D eigenvalue weighted by Gasteiger charge is -2.60. The molecule has 0 saturated carbocycles. The van der Waals surface area contributed by atoms with Gasteiger partial charge in [-0.1, -0.05) is 82.0 Å². The first-order chi connectivity index (χ1) is 8.24. The maximum Gasteiger partial charge on any atom is 0.188 e. The smallest absolute Gasteiger partial charge is 0.123 e. The topological polar surface area (TPSA) is 0 Å². The van der Waals surface area contributed by atoms with Crippen LogP contribution in [0, 0.1) is 0 Å². The van der Waals surface area contributed by atoms with E-state index in [-0.39, 0.29) is 14.2 Å². The van der Waals surface area contributed by atoms with Crippen LogP contribution in [0.2, 0.25) is 0 Å². The predicted octanol–water partition coefficient (Wildman–Crippen LogP) is 6.69. The van der Waals surface area contributed by atoms with Gasteiger partial charge in [-0.25, -0.2) is 0 Å². The standard InChI is InChI=1S/C8H8Cl4S6/c1-3(9)2-4(10)6-13-5-14-7(11,16-6)18-8(12,15-5)17-6/h3-5H,2H2,1H3. The summed E-state index contributed by atoms with van der Waals surface area (Å²) in [6.07, 6.45) is 0.767. The van der Waals surface area contributed by atoms with Gasteiger partial charge in [-0.15, -0.1) is 35.0 Å². The molecule has 0 aromatic heterocycles. The zero-order chi connectivity index (χ0) is 13.2. The van der Waals surface area contributed by atoms with Gasteiger partial charge in [-0.3, -0.25) is 0 Å².